The molecule has 1 aromatic carbocycles. The van der Waals surface area contributed by atoms with Crippen molar-refractivity contribution < 1.29 is 4.42 Å². The molecular formula is C24H29N5O. The normalized spacial score (nSPS) is 24.9. The largest absolute Gasteiger partial charge is 0.455 e. The number of rotatable bonds is 3. The van der Waals surface area contributed by atoms with Crippen LogP contribution < -0.4 is 10.6 Å². The molecule has 0 saturated carbocycles. The van der Waals surface area contributed by atoms with Gasteiger partial charge in [0.15, 0.2) is 11.4 Å². The number of hydrogen-bond acceptors (Lipinski definition) is 6. The van der Waals surface area contributed by atoms with Crippen LogP contribution in [0.5, 0.6) is 0 Å². The molecule has 30 heavy (non-hydrogen) atoms. The minimum Gasteiger partial charge on any atom is -0.455 e. The molecule has 156 valence electrons. The summed E-state index contributed by atoms with van der Waals surface area (Å²) in [5.74, 6) is 3.01. The number of nitrogen functional groups attached to an aromatic ring is 1. The summed E-state index contributed by atoms with van der Waals surface area (Å²) in [5.41, 5.74) is 10.6. The van der Waals surface area contributed by atoms with Gasteiger partial charge in [0, 0.05) is 37.2 Å². The van der Waals surface area contributed by atoms with E-state index in [9.17, 15) is 0 Å². The van der Waals surface area contributed by atoms with Crippen LogP contribution >= 0.6 is 0 Å². The molecule has 2 aromatic heterocycles. The number of furan rings is 1. The Morgan fingerprint density at radius 2 is 1.93 bits per heavy atom. The summed E-state index contributed by atoms with van der Waals surface area (Å²) >= 11 is 0. The molecule has 0 spiro atoms. The fourth-order valence-corrected chi connectivity index (χ4v) is 5.90. The first kappa shape index (κ1) is 18.2. The molecule has 2 saturated heterocycles. The van der Waals surface area contributed by atoms with E-state index in [1.165, 1.54) is 30.4 Å². The van der Waals surface area contributed by atoms with Gasteiger partial charge in [0.1, 0.15) is 11.3 Å². The number of likely N-dealkylation sites (tertiary alicyclic amines) is 1. The fourth-order valence-electron chi connectivity index (χ4n) is 5.90. The average Bonchev–Trinajstić information content (AvgIpc) is 3.46. The molecule has 3 atom stereocenters. The number of aryl methyl sites for hydroxylation is 2. The summed E-state index contributed by atoms with van der Waals surface area (Å²) in [7, 11) is 0. The van der Waals surface area contributed by atoms with Crippen molar-refractivity contribution in [1.82, 2.24) is 14.9 Å². The van der Waals surface area contributed by atoms with Gasteiger partial charge in [-0.1, -0.05) is 30.3 Å². The molecule has 6 heteroatoms. The van der Waals surface area contributed by atoms with Crippen molar-refractivity contribution in [3.05, 3.63) is 47.2 Å². The molecule has 2 fully saturated rings. The van der Waals surface area contributed by atoms with Crippen LogP contribution in [0, 0.1) is 5.92 Å². The third-order valence-electron chi connectivity index (χ3n) is 7.46. The van der Waals surface area contributed by atoms with Gasteiger partial charge in [0.05, 0.1) is 0 Å². The van der Waals surface area contributed by atoms with Gasteiger partial charge in [-0.3, -0.25) is 4.90 Å². The topological polar surface area (TPSA) is 71.4 Å². The second-order valence-corrected chi connectivity index (χ2v) is 9.14. The van der Waals surface area contributed by atoms with Crippen molar-refractivity contribution in [3.8, 4) is 0 Å². The van der Waals surface area contributed by atoms with Gasteiger partial charge < -0.3 is 15.1 Å². The number of aromatic nitrogens is 2. The highest BCUT2D eigenvalue weighted by atomic mass is 16.3. The van der Waals surface area contributed by atoms with E-state index < -0.39 is 0 Å². The standard InChI is InChI=1S/C24H29N5O/c1-15(16-7-3-2-4-8-16)29-12-11-17-13-28(14-19(17)29)23-22-21(26-24(25)27-23)18-9-5-6-10-20(18)30-22/h2-4,7-8,15,17,19H,5-6,9-14H2,1H3,(H2,25,26,27). The maximum absolute atomic E-state index is 6.32. The monoisotopic (exact) mass is 403 g/mol. The first-order chi connectivity index (χ1) is 14.7. The van der Waals surface area contributed by atoms with Crippen molar-refractivity contribution in [3.63, 3.8) is 0 Å². The van der Waals surface area contributed by atoms with Crippen LogP contribution in [0.1, 0.15) is 49.1 Å². The zero-order valence-electron chi connectivity index (χ0n) is 17.6. The van der Waals surface area contributed by atoms with E-state index in [-0.39, 0.29) is 0 Å². The quantitative estimate of drug-likeness (QED) is 0.714. The maximum atomic E-state index is 6.32. The maximum Gasteiger partial charge on any atom is 0.222 e. The summed E-state index contributed by atoms with van der Waals surface area (Å²) in [5, 5.41) is 0. The highest BCUT2D eigenvalue weighted by molar-refractivity contribution is 5.89. The van der Waals surface area contributed by atoms with Gasteiger partial charge >= 0.3 is 0 Å². The molecule has 6 nitrogen and oxygen atoms in total. The van der Waals surface area contributed by atoms with Crippen LogP contribution in [-0.2, 0) is 12.8 Å². The van der Waals surface area contributed by atoms with Gasteiger partial charge in [0.2, 0.25) is 5.95 Å². The number of nitrogens with zero attached hydrogens (tertiary/aromatic N) is 4. The van der Waals surface area contributed by atoms with Crippen molar-refractivity contribution in [2.24, 2.45) is 5.92 Å². The molecule has 0 amide bonds. The SMILES string of the molecule is CC(c1ccccc1)N1CCC2CN(c3nc(N)nc4c5c(oc34)CCCC5)CC21. The molecule has 3 aliphatic rings. The third-order valence-corrected chi connectivity index (χ3v) is 7.46. The molecule has 4 heterocycles. The Morgan fingerprint density at radius 1 is 1.10 bits per heavy atom. The predicted molar refractivity (Wildman–Crippen MR) is 119 cm³/mol. The van der Waals surface area contributed by atoms with Crippen LogP contribution in [0.2, 0.25) is 0 Å². The van der Waals surface area contributed by atoms with Crippen LogP contribution in [-0.4, -0.2) is 40.5 Å². The van der Waals surface area contributed by atoms with Gasteiger partial charge in [0.25, 0.3) is 0 Å². The van der Waals surface area contributed by atoms with Gasteiger partial charge in [-0.2, -0.15) is 4.98 Å². The minimum absolute atomic E-state index is 0.359. The lowest BCUT2D eigenvalue weighted by atomic mass is 9.98. The van der Waals surface area contributed by atoms with Gasteiger partial charge in [-0.15, -0.1) is 0 Å². The zero-order valence-corrected chi connectivity index (χ0v) is 17.6. The molecule has 2 N–H and O–H groups in total. The highest BCUT2D eigenvalue weighted by Crippen LogP contribution is 2.41. The molecule has 1 aliphatic carbocycles. The number of hydrogen-bond donors (Lipinski definition) is 1. The molecule has 3 aromatic rings. The molecule has 6 rings (SSSR count). The van der Waals surface area contributed by atoms with Gasteiger partial charge in [-0.05, 0) is 50.6 Å². The van der Waals surface area contributed by atoms with Crippen molar-refractivity contribution in [2.45, 2.75) is 51.1 Å². The lowest BCUT2D eigenvalue weighted by molar-refractivity contribution is 0.193. The highest BCUT2D eigenvalue weighted by Gasteiger charge is 2.44. The number of fused-ring (bicyclic) bond motifs is 4. The van der Waals surface area contributed by atoms with Crippen molar-refractivity contribution in [2.75, 3.05) is 30.3 Å². The van der Waals surface area contributed by atoms with E-state index in [0.29, 0.717) is 23.9 Å². The van der Waals surface area contributed by atoms with Crippen LogP contribution in [0.3, 0.4) is 0 Å². The first-order valence-electron chi connectivity index (χ1n) is 11.3. The smallest absolute Gasteiger partial charge is 0.222 e. The van der Waals surface area contributed by atoms with E-state index in [2.05, 4.69) is 57.0 Å². The molecular weight excluding hydrogens is 374 g/mol. The lowest BCUT2D eigenvalue weighted by Gasteiger charge is -2.31. The summed E-state index contributed by atoms with van der Waals surface area (Å²) < 4.78 is 6.32. The second-order valence-electron chi connectivity index (χ2n) is 9.14. The number of anilines is 2. The van der Waals surface area contributed by atoms with E-state index in [1.54, 1.807) is 0 Å². The fraction of sp³-hybridized carbons (Fsp3) is 0.500. The van der Waals surface area contributed by atoms with E-state index >= 15 is 0 Å². The average molecular weight is 404 g/mol. The second kappa shape index (κ2) is 6.98. The lowest BCUT2D eigenvalue weighted by Crippen LogP contribution is -2.37. The van der Waals surface area contributed by atoms with Crippen LogP contribution in [0.15, 0.2) is 34.7 Å². The zero-order chi connectivity index (χ0) is 20.2. The Morgan fingerprint density at radius 3 is 2.80 bits per heavy atom. The molecule has 0 bridgehead atoms. The summed E-state index contributed by atoms with van der Waals surface area (Å²) in [6.07, 6.45) is 5.65. The molecule has 3 unspecified atom stereocenters. The van der Waals surface area contributed by atoms with Gasteiger partial charge in [-0.25, -0.2) is 4.98 Å². The number of benzene rings is 1. The third kappa shape index (κ3) is 2.81. The van der Waals surface area contributed by atoms with E-state index in [1.807, 2.05) is 0 Å². The molecule has 2 aliphatic heterocycles. The Bertz CT molecular complexity index is 1080. The summed E-state index contributed by atoms with van der Waals surface area (Å²) in [4.78, 5) is 14.3. The summed E-state index contributed by atoms with van der Waals surface area (Å²) in [6.45, 7) is 5.48. The Hall–Kier alpha value is -2.60. The Kier molecular flexibility index (Phi) is 4.23. The first-order valence-corrected chi connectivity index (χ1v) is 11.3. The Labute approximate surface area is 177 Å². The van der Waals surface area contributed by atoms with Crippen LogP contribution in [0.4, 0.5) is 11.8 Å². The molecule has 0 radical (unpaired) electrons. The van der Waals surface area contributed by atoms with E-state index in [0.717, 1.165) is 55.2 Å². The van der Waals surface area contributed by atoms with Crippen molar-refractivity contribution in [1.29, 1.82) is 0 Å². The van der Waals surface area contributed by atoms with Crippen molar-refractivity contribution >= 4 is 22.9 Å². The van der Waals surface area contributed by atoms with Crippen LogP contribution in [0.25, 0.3) is 11.1 Å². The Balaban J connectivity index is 1.32. The minimum atomic E-state index is 0.359. The number of nitrogens with two attached hydrogens (primary N) is 1. The van der Waals surface area contributed by atoms with E-state index in [4.69, 9.17) is 10.2 Å². The predicted octanol–water partition coefficient (Wildman–Crippen LogP) is 3.96. The summed E-state index contributed by atoms with van der Waals surface area (Å²) in [6, 6.07) is 11.8.